The lowest BCUT2D eigenvalue weighted by molar-refractivity contribution is -0.123. The number of nitrogens with two attached hydrogens (primary N) is 2. The second-order valence-electron chi connectivity index (χ2n) is 4.36. The van der Waals surface area contributed by atoms with Crippen molar-refractivity contribution in [1.82, 2.24) is 4.90 Å². The Labute approximate surface area is 85.6 Å². The third kappa shape index (κ3) is 2.69. The van der Waals surface area contributed by atoms with Crippen LogP contribution in [-0.4, -0.2) is 36.5 Å². The summed E-state index contributed by atoms with van der Waals surface area (Å²) in [4.78, 5) is 13.1. The quantitative estimate of drug-likeness (QED) is 0.650. The van der Waals surface area contributed by atoms with Gasteiger partial charge in [-0.05, 0) is 32.2 Å². The molecule has 1 aliphatic carbocycles. The van der Waals surface area contributed by atoms with Crippen LogP contribution in [0.3, 0.4) is 0 Å². The molecular formula is C10H21N3O. The number of amides is 1. The molecule has 1 rings (SSSR count). The van der Waals surface area contributed by atoms with Gasteiger partial charge in [-0.1, -0.05) is 6.92 Å². The molecule has 4 N–H and O–H groups in total. The van der Waals surface area contributed by atoms with Crippen molar-refractivity contribution in [2.45, 2.75) is 38.3 Å². The number of likely N-dealkylation sites (N-methyl/N-ethyl adjacent to an activating group) is 1. The van der Waals surface area contributed by atoms with E-state index in [0.717, 1.165) is 25.8 Å². The molecule has 1 amide bonds. The van der Waals surface area contributed by atoms with E-state index in [1.54, 1.807) is 0 Å². The molecule has 0 radical (unpaired) electrons. The second kappa shape index (κ2) is 4.75. The van der Waals surface area contributed by atoms with Crippen molar-refractivity contribution in [3.05, 3.63) is 0 Å². The van der Waals surface area contributed by atoms with Crippen LogP contribution in [-0.2, 0) is 4.79 Å². The molecule has 14 heavy (non-hydrogen) atoms. The zero-order valence-electron chi connectivity index (χ0n) is 9.07. The van der Waals surface area contributed by atoms with Gasteiger partial charge >= 0.3 is 0 Å². The molecule has 1 fully saturated rings. The van der Waals surface area contributed by atoms with Crippen LogP contribution in [0.15, 0.2) is 0 Å². The van der Waals surface area contributed by atoms with Crippen molar-refractivity contribution in [2.75, 3.05) is 13.6 Å². The minimum atomic E-state index is -0.223. The molecule has 1 saturated carbocycles. The summed E-state index contributed by atoms with van der Waals surface area (Å²) in [5.41, 5.74) is 11.0. The summed E-state index contributed by atoms with van der Waals surface area (Å²) in [5, 5.41) is 0. The van der Waals surface area contributed by atoms with E-state index in [-0.39, 0.29) is 11.9 Å². The van der Waals surface area contributed by atoms with Gasteiger partial charge < -0.3 is 11.5 Å². The van der Waals surface area contributed by atoms with Crippen molar-refractivity contribution >= 4 is 5.91 Å². The first-order chi connectivity index (χ1) is 6.54. The number of primary amides is 1. The van der Waals surface area contributed by atoms with Gasteiger partial charge in [-0.3, -0.25) is 9.69 Å². The smallest absolute Gasteiger partial charge is 0.234 e. The topological polar surface area (TPSA) is 72.4 Å². The van der Waals surface area contributed by atoms with Crippen LogP contribution in [0.2, 0.25) is 0 Å². The van der Waals surface area contributed by atoms with Gasteiger partial charge in [0.15, 0.2) is 0 Å². The van der Waals surface area contributed by atoms with Crippen LogP contribution in [0.1, 0.15) is 26.2 Å². The van der Waals surface area contributed by atoms with Crippen molar-refractivity contribution in [3.8, 4) is 0 Å². The van der Waals surface area contributed by atoms with Gasteiger partial charge in [-0.2, -0.15) is 0 Å². The van der Waals surface area contributed by atoms with E-state index in [9.17, 15) is 4.79 Å². The number of hydrogen-bond donors (Lipinski definition) is 2. The molecule has 0 heterocycles. The van der Waals surface area contributed by atoms with E-state index < -0.39 is 0 Å². The number of nitrogens with zero attached hydrogens (tertiary/aromatic N) is 1. The Morgan fingerprint density at radius 3 is 2.50 bits per heavy atom. The Bertz CT molecular complexity index is 202. The van der Waals surface area contributed by atoms with Crippen LogP contribution in [0, 0.1) is 5.92 Å². The van der Waals surface area contributed by atoms with E-state index in [1.807, 2.05) is 14.0 Å². The molecule has 0 spiro atoms. The molecule has 0 aromatic heterocycles. The Balaban J connectivity index is 2.32. The van der Waals surface area contributed by atoms with E-state index >= 15 is 0 Å². The van der Waals surface area contributed by atoms with Gasteiger partial charge in [0.25, 0.3) is 0 Å². The maximum Gasteiger partial charge on any atom is 0.234 e. The SMILES string of the molecule is CCC(C(N)=O)N(C)CC1CC(N)C1. The Morgan fingerprint density at radius 1 is 1.57 bits per heavy atom. The fourth-order valence-electron chi connectivity index (χ4n) is 2.20. The van der Waals surface area contributed by atoms with E-state index in [0.29, 0.717) is 12.0 Å². The average molecular weight is 199 g/mol. The van der Waals surface area contributed by atoms with Crippen molar-refractivity contribution in [1.29, 1.82) is 0 Å². The zero-order chi connectivity index (χ0) is 10.7. The third-order valence-corrected chi connectivity index (χ3v) is 3.07. The lowest BCUT2D eigenvalue weighted by atomic mass is 9.80. The number of carbonyl (C=O) groups is 1. The summed E-state index contributed by atoms with van der Waals surface area (Å²) in [7, 11) is 1.96. The molecule has 0 bridgehead atoms. The van der Waals surface area contributed by atoms with E-state index in [1.165, 1.54) is 0 Å². The fraction of sp³-hybridized carbons (Fsp3) is 0.900. The predicted molar refractivity (Wildman–Crippen MR) is 56.6 cm³/mol. The summed E-state index contributed by atoms with van der Waals surface area (Å²) >= 11 is 0. The van der Waals surface area contributed by atoms with Crippen LogP contribution in [0.4, 0.5) is 0 Å². The molecule has 1 aliphatic rings. The third-order valence-electron chi connectivity index (χ3n) is 3.07. The Hall–Kier alpha value is -0.610. The van der Waals surface area contributed by atoms with Gasteiger partial charge in [-0.25, -0.2) is 0 Å². The van der Waals surface area contributed by atoms with Gasteiger partial charge in [-0.15, -0.1) is 0 Å². The van der Waals surface area contributed by atoms with Crippen molar-refractivity contribution in [3.63, 3.8) is 0 Å². The largest absolute Gasteiger partial charge is 0.368 e. The minimum absolute atomic E-state index is 0.119. The van der Waals surface area contributed by atoms with Gasteiger partial charge in [0, 0.05) is 12.6 Å². The molecule has 4 nitrogen and oxygen atoms in total. The summed E-state index contributed by atoms with van der Waals surface area (Å²) in [6.07, 6.45) is 2.95. The maximum absolute atomic E-state index is 11.1. The first-order valence-electron chi connectivity index (χ1n) is 5.29. The molecule has 82 valence electrons. The monoisotopic (exact) mass is 199 g/mol. The molecule has 1 atom stereocenters. The van der Waals surface area contributed by atoms with Gasteiger partial charge in [0.2, 0.25) is 5.91 Å². The molecule has 0 saturated heterocycles. The van der Waals surface area contributed by atoms with E-state index in [4.69, 9.17) is 11.5 Å². The maximum atomic E-state index is 11.1. The molecule has 4 heteroatoms. The average Bonchev–Trinajstić information content (AvgIpc) is 2.01. The standard InChI is InChI=1S/C10H21N3O/c1-3-9(10(12)14)13(2)6-7-4-8(11)5-7/h7-9H,3-6,11H2,1-2H3,(H2,12,14). The molecule has 0 aromatic carbocycles. The molecule has 0 aromatic rings. The Kier molecular flexibility index (Phi) is 3.89. The normalized spacial score (nSPS) is 28.6. The zero-order valence-corrected chi connectivity index (χ0v) is 9.07. The highest BCUT2D eigenvalue weighted by Crippen LogP contribution is 2.26. The summed E-state index contributed by atoms with van der Waals surface area (Å²) in [6, 6.07) is 0.258. The number of rotatable bonds is 5. The summed E-state index contributed by atoms with van der Waals surface area (Å²) in [6.45, 7) is 2.92. The van der Waals surface area contributed by atoms with Crippen molar-refractivity contribution in [2.24, 2.45) is 17.4 Å². The van der Waals surface area contributed by atoms with Crippen LogP contribution in [0.5, 0.6) is 0 Å². The Morgan fingerprint density at radius 2 is 2.14 bits per heavy atom. The predicted octanol–water partition coefficient (Wildman–Crippen LogP) is -0.0806. The second-order valence-corrected chi connectivity index (χ2v) is 4.36. The van der Waals surface area contributed by atoms with Crippen molar-refractivity contribution < 1.29 is 4.79 Å². The van der Waals surface area contributed by atoms with Crippen LogP contribution >= 0.6 is 0 Å². The highest BCUT2D eigenvalue weighted by atomic mass is 16.1. The van der Waals surface area contributed by atoms with Crippen LogP contribution in [0.25, 0.3) is 0 Å². The van der Waals surface area contributed by atoms with E-state index in [2.05, 4.69) is 4.90 Å². The molecule has 0 aliphatic heterocycles. The molecule has 1 unspecified atom stereocenters. The minimum Gasteiger partial charge on any atom is -0.368 e. The number of hydrogen-bond acceptors (Lipinski definition) is 3. The number of carbonyl (C=O) groups excluding carboxylic acids is 1. The van der Waals surface area contributed by atoms with Gasteiger partial charge in [0.05, 0.1) is 6.04 Å². The highest BCUT2D eigenvalue weighted by molar-refractivity contribution is 5.79. The van der Waals surface area contributed by atoms with Gasteiger partial charge in [0.1, 0.15) is 0 Å². The fourth-order valence-corrected chi connectivity index (χ4v) is 2.20. The highest BCUT2D eigenvalue weighted by Gasteiger charge is 2.29. The summed E-state index contributed by atoms with van der Waals surface area (Å²) < 4.78 is 0. The van der Waals surface area contributed by atoms with Crippen LogP contribution < -0.4 is 11.5 Å². The lowest BCUT2D eigenvalue weighted by Crippen LogP contribution is -2.48. The summed E-state index contributed by atoms with van der Waals surface area (Å²) in [5.74, 6) is 0.432. The first kappa shape index (κ1) is 11.5. The lowest BCUT2D eigenvalue weighted by Gasteiger charge is -2.37. The molecular weight excluding hydrogens is 178 g/mol. The first-order valence-corrected chi connectivity index (χ1v) is 5.29.